The van der Waals surface area contributed by atoms with Crippen molar-refractivity contribution in [3.05, 3.63) is 29.8 Å². The molecule has 0 bridgehead atoms. The number of nitrogens with one attached hydrogen (secondary N) is 1. The molecular formula is C22H31N3O3. The lowest BCUT2D eigenvalue weighted by Gasteiger charge is -2.42. The van der Waals surface area contributed by atoms with Gasteiger partial charge >= 0.3 is 0 Å². The summed E-state index contributed by atoms with van der Waals surface area (Å²) in [6.45, 7) is 3.51. The average molecular weight is 386 g/mol. The molecule has 4 rings (SSSR count). The maximum Gasteiger partial charge on any atom is 0.226 e. The van der Waals surface area contributed by atoms with Gasteiger partial charge in [0.2, 0.25) is 11.8 Å². The van der Waals surface area contributed by atoms with Crippen LogP contribution in [0.1, 0.15) is 44.1 Å². The van der Waals surface area contributed by atoms with Crippen LogP contribution >= 0.6 is 0 Å². The van der Waals surface area contributed by atoms with E-state index in [1.54, 1.807) is 24.3 Å². The number of rotatable bonds is 5. The molecule has 2 heterocycles. The molecule has 0 aromatic heterocycles. The molecule has 2 N–H and O–H groups in total. The number of phenolic OH excluding ortho intramolecular Hbond substituents is 1. The summed E-state index contributed by atoms with van der Waals surface area (Å²) >= 11 is 0. The predicted molar refractivity (Wildman–Crippen MR) is 107 cm³/mol. The van der Waals surface area contributed by atoms with Crippen molar-refractivity contribution in [1.29, 1.82) is 0 Å². The van der Waals surface area contributed by atoms with E-state index in [1.165, 1.54) is 0 Å². The van der Waals surface area contributed by atoms with Gasteiger partial charge in [-0.2, -0.15) is 0 Å². The zero-order chi connectivity index (χ0) is 19.5. The van der Waals surface area contributed by atoms with Gasteiger partial charge in [-0.1, -0.05) is 12.1 Å². The van der Waals surface area contributed by atoms with E-state index in [0.29, 0.717) is 18.5 Å². The normalized spacial score (nSPS) is 24.1. The fourth-order valence-corrected chi connectivity index (χ4v) is 4.48. The van der Waals surface area contributed by atoms with E-state index in [2.05, 4.69) is 10.2 Å². The van der Waals surface area contributed by atoms with Gasteiger partial charge in [0.05, 0.1) is 12.3 Å². The zero-order valence-corrected chi connectivity index (χ0v) is 16.5. The Morgan fingerprint density at radius 1 is 1.00 bits per heavy atom. The van der Waals surface area contributed by atoms with Crippen molar-refractivity contribution in [2.45, 2.75) is 57.0 Å². The standard InChI is InChI=1S/C22H31N3O3/c26-20-7-3-16(4-8-20)14-21(27)24-12-9-19(10-13-24)25-11-1-2-17(15-25)22(28)23-18-5-6-18/h3-4,7-8,17-19,26H,1-2,5-6,9-15H2,(H,23,28)/t17-/m0/s1. The van der Waals surface area contributed by atoms with Crippen LogP contribution in [0, 0.1) is 5.92 Å². The number of nitrogens with zero attached hydrogens (tertiary/aromatic N) is 2. The van der Waals surface area contributed by atoms with Crippen LogP contribution in [-0.2, 0) is 16.0 Å². The van der Waals surface area contributed by atoms with Crippen molar-refractivity contribution in [2.75, 3.05) is 26.2 Å². The third kappa shape index (κ3) is 4.85. The highest BCUT2D eigenvalue weighted by atomic mass is 16.3. The van der Waals surface area contributed by atoms with Gasteiger partial charge in [0, 0.05) is 31.7 Å². The quantitative estimate of drug-likeness (QED) is 0.812. The molecular weight excluding hydrogens is 354 g/mol. The molecule has 6 nitrogen and oxygen atoms in total. The molecule has 152 valence electrons. The number of phenols is 1. The van der Waals surface area contributed by atoms with E-state index in [4.69, 9.17) is 0 Å². The van der Waals surface area contributed by atoms with Gasteiger partial charge in [0.25, 0.3) is 0 Å². The van der Waals surface area contributed by atoms with Gasteiger partial charge in [0.1, 0.15) is 5.75 Å². The molecule has 1 aromatic rings. The van der Waals surface area contributed by atoms with Crippen LogP contribution in [0.25, 0.3) is 0 Å². The van der Waals surface area contributed by atoms with Crippen molar-refractivity contribution in [1.82, 2.24) is 15.1 Å². The van der Waals surface area contributed by atoms with Crippen molar-refractivity contribution in [2.24, 2.45) is 5.92 Å². The van der Waals surface area contributed by atoms with Crippen molar-refractivity contribution in [3.8, 4) is 5.75 Å². The first-order valence-electron chi connectivity index (χ1n) is 10.7. The Morgan fingerprint density at radius 2 is 1.71 bits per heavy atom. The fraction of sp³-hybridized carbons (Fsp3) is 0.636. The second-order valence-electron chi connectivity index (χ2n) is 8.57. The molecule has 3 fully saturated rings. The van der Waals surface area contributed by atoms with Crippen LogP contribution in [0.3, 0.4) is 0 Å². The van der Waals surface area contributed by atoms with Crippen LogP contribution in [0.4, 0.5) is 0 Å². The van der Waals surface area contributed by atoms with Gasteiger partial charge in [-0.25, -0.2) is 0 Å². The lowest BCUT2D eigenvalue weighted by Crippen LogP contribution is -2.51. The number of hydrogen-bond acceptors (Lipinski definition) is 4. The second-order valence-corrected chi connectivity index (χ2v) is 8.57. The number of benzene rings is 1. The molecule has 2 saturated heterocycles. The first-order chi connectivity index (χ1) is 13.6. The first kappa shape index (κ1) is 19.2. The predicted octanol–water partition coefficient (Wildman–Crippen LogP) is 1.92. The highest BCUT2D eigenvalue weighted by Crippen LogP contribution is 2.26. The van der Waals surface area contributed by atoms with Crippen LogP contribution in [0.2, 0.25) is 0 Å². The van der Waals surface area contributed by atoms with Gasteiger partial charge in [-0.15, -0.1) is 0 Å². The fourth-order valence-electron chi connectivity index (χ4n) is 4.48. The Kier molecular flexibility index (Phi) is 5.85. The SMILES string of the molecule is O=C(NC1CC1)[C@H]1CCCN(C2CCN(C(=O)Cc3ccc(O)cc3)CC2)C1. The summed E-state index contributed by atoms with van der Waals surface area (Å²) in [7, 11) is 0. The Labute approximate surface area is 166 Å². The van der Waals surface area contributed by atoms with E-state index in [1.807, 2.05) is 4.90 Å². The Bertz CT molecular complexity index is 693. The Hall–Kier alpha value is -2.08. The molecule has 1 saturated carbocycles. The third-order valence-corrected chi connectivity index (χ3v) is 6.37. The van der Waals surface area contributed by atoms with Crippen LogP contribution in [0.5, 0.6) is 5.75 Å². The number of piperidine rings is 2. The minimum atomic E-state index is 0.128. The van der Waals surface area contributed by atoms with Crippen LogP contribution < -0.4 is 5.32 Å². The van der Waals surface area contributed by atoms with Crippen LogP contribution in [0.15, 0.2) is 24.3 Å². The largest absolute Gasteiger partial charge is 0.508 e. The van der Waals surface area contributed by atoms with Gasteiger partial charge < -0.3 is 15.3 Å². The van der Waals surface area contributed by atoms with E-state index >= 15 is 0 Å². The maximum atomic E-state index is 12.6. The van der Waals surface area contributed by atoms with E-state index < -0.39 is 0 Å². The number of carbonyl (C=O) groups is 2. The lowest BCUT2D eigenvalue weighted by molar-refractivity contribution is -0.132. The maximum absolute atomic E-state index is 12.6. The number of amides is 2. The van der Waals surface area contributed by atoms with Gasteiger partial charge in [-0.05, 0) is 62.8 Å². The highest BCUT2D eigenvalue weighted by Gasteiger charge is 2.34. The molecule has 3 aliphatic rings. The average Bonchev–Trinajstić information content (AvgIpc) is 3.54. The van der Waals surface area contributed by atoms with Gasteiger partial charge in [0.15, 0.2) is 0 Å². The van der Waals surface area contributed by atoms with Crippen molar-refractivity contribution < 1.29 is 14.7 Å². The topological polar surface area (TPSA) is 72.9 Å². The number of carbonyl (C=O) groups excluding carboxylic acids is 2. The number of likely N-dealkylation sites (tertiary alicyclic amines) is 2. The van der Waals surface area contributed by atoms with E-state index in [9.17, 15) is 14.7 Å². The molecule has 1 aliphatic carbocycles. The smallest absolute Gasteiger partial charge is 0.226 e. The van der Waals surface area contributed by atoms with E-state index in [-0.39, 0.29) is 23.5 Å². The minimum absolute atomic E-state index is 0.128. The summed E-state index contributed by atoms with van der Waals surface area (Å²) < 4.78 is 0. The summed E-state index contributed by atoms with van der Waals surface area (Å²) in [4.78, 5) is 29.4. The van der Waals surface area contributed by atoms with Crippen molar-refractivity contribution >= 4 is 11.8 Å². The molecule has 6 heteroatoms. The summed E-state index contributed by atoms with van der Waals surface area (Å²) in [5.74, 6) is 0.754. The molecule has 2 amide bonds. The van der Waals surface area contributed by atoms with E-state index in [0.717, 1.165) is 70.3 Å². The number of aromatic hydroxyl groups is 1. The molecule has 28 heavy (non-hydrogen) atoms. The summed E-state index contributed by atoms with van der Waals surface area (Å²) in [6.07, 6.45) is 6.72. The molecule has 0 unspecified atom stereocenters. The lowest BCUT2D eigenvalue weighted by atomic mass is 9.93. The minimum Gasteiger partial charge on any atom is -0.508 e. The monoisotopic (exact) mass is 385 g/mol. The summed E-state index contributed by atoms with van der Waals surface area (Å²) in [6, 6.07) is 7.78. The highest BCUT2D eigenvalue weighted by molar-refractivity contribution is 5.80. The number of hydrogen-bond donors (Lipinski definition) is 2. The molecule has 2 aliphatic heterocycles. The molecule has 0 radical (unpaired) electrons. The molecule has 1 aromatic carbocycles. The summed E-state index contributed by atoms with van der Waals surface area (Å²) in [5.41, 5.74) is 0.936. The molecule has 0 spiro atoms. The first-order valence-corrected chi connectivity index (χ1v) is 10.7. The third-order valence-electron chi connectivity index (χ3n) is 6.37. The zero-order valence-electron chi connectivity index (χ0n) is 16.5. The Balaban J connectivity index is 1.24. The van der Waals surface area contributed by atoms with Gasteiger partial charge in [-0.3, -0.25) is 14.5 Å². The Morgan fingerprint density at radius 3 is 2.39 bits per heavy atom. The summed E-state index contributed by atoms with van der Waals surface area (Å²) in [5, 5.41) is 12.5. The molecule has 1 atom stereocenters. The van der Waals surface area contributed by atoms with Crippen LogP contribution in [-0.4, -0.2) is 65.0 Å². The second kappa shape index (κ2) is 8.52. The van der Waals surface area contributed by atoms with Crippen molar-refractivity contribution in [3.63, 3.8) is 0 Å².